The molecule has 7 heteroatoms. The third-order valence-corrected chi connectivity index (χ3v) is 2.56. The Morgan fingerprint density at radius 2 is 1.62 bits per heavy atom. The molecule has 1 amide bonds. The summed E-state index contributed by atoms with van der Waals surface area (Å²) >= 11 is 0. The molecule has 0 heterocycles. The fourth-order valence-electron chi connectivity index (χ4n) is 1.60. The summed E-state index contributed by atoms with van der Waals surface area (Å²) in [6.07, 6.45) is 0. The Bertz CT molecular complexity index is 659. The van der Waals surface area contributed by atoms with Crippen LogP contribution in [0.2, 0.25) is 0 Å². The van der Waals surface area contributed by atoms with E-state index in [1.165, 1.54) is 12.1 Å². The number of rotatable bonds is 4. The molecule has 0 aromatic heterocycles. The van der Waals surface area contributed by atoms with Gasteiger partial charge in [-0.3, -0.25) is 4.79 Å². The Labute approximate surface area is 117 Å². The maximum absolute atomic E-state index is 13.3. The van der Waals surface area contributed by atoms with E-state index in [1.54, 1.807) is 0 Å². The molecule has 0 atom stereocenters. The minimum atomic E-state index is -1.35. The van der Waals surface area contributed by atoms with Gasteiger partial charge in [-0.05, 0) is 24.3 Å². The van der Waals surface area contributed by atoms with E-state index in [1.807, 2.05) is 0 Å². The van der Waals surface area contributed by atoms with E-state index < -0.39 is 41.4 Å². The number of carbonyl (C=O) groups is 1. The first-order chi connectivity index (χ1) is 9.95. The molecule has 0 aliphatic heterocycles. The summed E-state index contributed by atoms with van der Waals surface area (Å²) in [6, 6.07) is 6.14. The largest absolute Gasteiger partial charge is 0.374 e. The van der Waals surface area contributed by atoms with Crippen molar-refractivity contribution < 1.29 is 22.4 Å². The second-order valence-electron chi connectivity index (χ2n) is 4.16. The molecule has 2 aromatic rings. The van der Waals surface area contributed by atoms with Crippen LogP contribution in [-0.2, 0) is 4.79 Å². The Morgan fingerprint density at radius 3 is 2.29 bits per heavy atom. The molecule has 0 radical (unpaired) electrons. The number of amides is 1. The average molecular weight is 298 g/mol. The van der Waals surface area contributed by atoms with Crippen LogP contribution in [0.5, 0.6) is 0 Å². The highest BCUT2D eigenvalue weighted by molar-refractivity contribution is 5.93. The normalized spacial score (nSPS) is 10.3. The second-order valence-corrected chi connectivity index (χ2v) is 4.16. The predicted octanol–water partition coefficient (Wildman–Crippen LogP) is 3.29. The summed E-state index contributed by atoms with van der Waals surface area (Å²) in [6.45, 7) is -0.406. The lowest BCUT2D eigenvalue weighted by Gasteiger charge is -2.09. The topological polar surface area (TPSA) is 41.1 Å². The van der Waals surface area contributed by atoms with Crippen molar-refractivity contribution in [2.24, 2.45) is 0 Å². The maximum atomic E-state index is 13.3. The van der Waals surface area contributed by atoms with Gasteiger partial charge in [0.1, 0.15) is 11.6 Å². The van der Waals surface area contributed by atoms with Gasteiger partial charge in [-0.2, -0.15) is 0 Å². The Balaban J connectivity index is 1.97. The molecule has 110 valence electrons. The third-order valence-electron chi connectivity index (χ3n) is 2.56. The first-order valence-electron chi connectivity index (χ1n) is 5.89. The smallest absolute Gasteiger partial charge is 0.243 e. The molecule has 0 aliphatic carbocycles. The van der Waals surface area contributed by atoms with Crippen LogP contribution in [0.4, 0.5) is 28.9 Å². The highest BCUT2D eigenvalue weighted by Gasteiger charge is 2.12. The molecule has 3 nitrogen and oxygen atoms in total. The van der Waals surface area contributed by atoms with Crippen molar-refractivity contribution in [3.05, 3.63) is 59.7 Å². The summed E-state index contributed by atoms with van der Waals surface area (Å²) in [5, 5.41) is 4.69. The molecule has 0 fully saturated rings. The van der Waals surface area contributed by atoms with Crippen LogP contribution in [0.1, 0.15) is 0 Å². The minimum absolute atomic E-state index is 0.342. The van der Waals surface area contributed by atoms with Crippen molar-refractivity contribution in [3.63, 3.8) is 0 Å². The van der Waals surface area contributed by atoms with Crippen LogP contribution < -0.4 is 10.6 Å². The zero-order valence-corrected chi connectivity index (χ0v) is 10.6. The molecule has 2 N–H and O–H groups in total. The van der Waals surface area contributed by atoms with Gasteiger partial charge in [0.25, 0.3) is 0 Å². The molecule has 0 spiro atoms. The molecular formula is C14H10F4N2O. The third kappa shape index (κ3) is 3.95. The monoisotopic (exact) mass is 298 g/mol. The van der Waals surface area contributed by atoms with E-state index in [4.69, 9.17) is 0 Å². The molecule has 21 heavy (non-hydrogen) atoms. The van der Waals surface area contributed by atoms with Gasteiger partial charge >= 0.3 is 0 Å². The number of hydrogen-bond acceptors (Lipinski definition) is 2. The highest BCUT2D eigenvalue weighted by Crippen LogP contribution is 2.18. The van der Waals surface area contributed by atoms with E-state index in [0.29, 0.717) is 11.8 Å². The molecule has 2 aromatic carbocycles. The fraction of sp³-hybridized carbons (Fsp3) is 0.0714. The van der Waals surface area contributed by atoms with Gasteiger partial charge in [-0.25, -0.2) is 17.6 Å². The predicted molar refractivity (Wildman–Crippen MR) is 69.8 cm³/mol. The van der Waals surface area contributed by atoms with Crippen LogP contribution in [0, 0.1) is 23.3 Å². The van der Waals surface area contributed by atoms with Crippen LogP contribution in [0.25, 0.3) is 0 Å². The number of nitrogens with one attached hydrogen (secondary N) is 2. The van der Waals surface area contributed by atoms with Crippen LogP contribution >= 0.6 is 0 Å². The van der Waals surface area contributed by atoms with Gasteiger partial charge in [-0.1, -0.05) is 0 Å². The van der Waals surface area contributed by atoms with E-state index in [9.17, 15) is 22.4 Å². The fourth-order valence-corrected chi connectivity index (χ4v) is 1.60. The first kappa shape index (κ1) is 14.8. The summed E-state index contributed by atoms with van der Waals surface area (Å²) < 4.78 is 51.9. The van der Waals surface area contributed by atoms with Crippen molar-refractivity contribution in [2.75, 3.05) is 17.2 Å². The lowest BCUT2D eigenvalue weighted by Crippen LogP contribution is -2.22. The van der Waals surface area contributed by atoms with Crippen molar-refractivity contribution in [1.82, 2.24) is 0 Å². The zero-order chi connectivity index (χ0) is 15.4. The van der Waals surface area contributed by atoms with Crippen LogP contribution in [0.15, 0.2) is 36.4 Å². The van der Waals surface area contributed by atoms with Crippen LogP contribution in [-0.4, -0.2) is 12.5 Å². The molecule has 0 bridgehead atoms. The molecular weight excluding hydrogens is 288 g/mol. The molecule has 0 saturated carbocycles. The van der Waals surface area contributed by atoms with Gasteiger partial charge in [-0.15, -0.1) is 0 Å². The first-order valence-corrected chi connectivity index (χ1v) is 5.89. The summed E-state index contributed by atoms with van der Waals surface area (Å²) in [4.78, 5) is 11.6. The lowest BCUT2D eigenvalue weighted by molar-refractivity contribution is -0.114. The number of anilines is 2. The lowest BCUT2D eigenvalue weighted by atomic mass is 10.2. The number of carbonyl (C=O) groups excluding carboxylic acids is 1. The van der Waals surface area contributed by atoms with Gasteiger partial charge in [0.15, 0.2) is 11.6 Å². The summed E-state index contributed by atoms with van der Waals surface area (Å²) in [5.74, 6) is -4.62. The Kier molecular flexibility index (Phi) is 4.42. The summed E-state index contributed by atoms with van der Waals surface area (Å²) in [5.41, 5.74) is -0.115. The van der Waals surface area contributed by atoms with Crippen molar-refractivity contribution in [1.29, 1.82) is 0 Å². The van der Waals surface area contributed by atoms with Crippen molar-refractivity contribution >= 4 is 17.3 Å². The van der Waals surface area contributed by atoms with Gasteiger partial charge in [0.2, 0.25) is 5.91 Å². The zero-order valence-electron chi connectivity index (χ0n) is 10.6. The van der Waals surface area contributed by atoms with E-state index >= 15 is 0 Å². The van der Waals surface area contributed by atoms with Crippen molar-refractivity contribution in [2.45, 2.75) is 0 Å². The van der Waals surface area contributed by atoms with E-state index in [-0.39, 0.29) is 0 Å². The van der Waals surface area contributed by atoms with Crippen LogP contribution in [0.3, 0.4) is 0 Å². The van der Waals surface area contributed by atoms with Gasteiger partial charge < -0.3 is 10.6 Å². The van der Waals surface area contributed by atoms with Crippen molar-refractivity contribution in [3.8, 4) is 0 Å². The molecule has 0 unspecified atom stereocenters. The number of benzene rings is 2. The maximum Gasteiger partial charge on any atom is 0.243 e. The molecule has 0 aliphatic rings. The van der Waals surface area contributed by atoms with E-state index in [0.717, 1.165) is 18.2 Å². The second kappa shape index (κ2) is 6.25. The molecule has 2 rings (SSSR count). The molecule has 0 saturated heterocycles. The summed E-state index contributed by atoms with van der Waals surface area (Å²) in [7, 11) is 0. The highest BCUT2D eigenvalue weighted by atomic mass is 19.2. The Hall–Kier alpha value is -2.57. The number of hydrogen-bond donors (Lipinski definition) is 2. The average Bonchev–Trinajstić information content (AvgIpc) is 2.44. The minimum Gasteiger partial charge on any atom is -0.374 e. The van der Waals surface area contributed by atoms with Gasteiger partial charge in [0, 0.05) is 17.8 Å². The quantitative estimate of drug-likeness (QED) is 0.672. The van der Waals surface area contributed by atoms with Gasteiger partial charge in [0.05, 0.1) is 12.2 Å². The van der Waals surface area contributed by atoms with E-state index in [2.05, 4.69) is 10.6 Å². The Morgan fingerprint density at radius 1 is 0.952 bits per heavy atom. The standard InChI is InChI=1S/C14H10F4N2O/c15-8-1-3-10(4-2-8)20-13(21)7-19-12-6-9(16)5-11(17)14(12)18/h1-6,19H,7H2,(H,20,21). The SMILES string of the molecule is O=C(CNc1cc(F)cc(F)c1F)Nc1ccc(F)cc1. The number of halogens is 4.